The molecule has 0 aliphatic rings. The highest BCUT2D eigenvalue weighted by atomic mass is 16.5. The van der Waals surface area contributed by atoms with Gasteiger partial charge in [0.15, 0.2) is 5.75 Å². The zero-order valence-electron chi connectivity index (χ0n) is 12.3. The third kappa shape index (κ3) is 3.75. The van der Waals surface area contributed by atoms with Crippen LogP contribution in [0.15, 0.2) is 30.6 Å². The number of hydrogen-bond donors (Lipinski definition) is 2. The van der Waals surface area contributed by atoms with Crippen molar-refractivity contribution >= 4 is 11.7 Å². The van der Waals surface area contributed by atoms with Crippen molar-refractivity contribution in [2.45, 2.75) is 26.5 Å². The van der Waals surface area contributed by atoms with Crippen LogP contribution in [0.5, 0.6) is 5.75 Å². The van der Waals surface area contributed by atoms with Gasteiger partial charge in [0.1, 0.15) is 5.56 Å². The number of para-hydroxylation sites is 1. The first kappa shape index (κ1) is 14.9. The van der Waals surface area contributed by atoms with E-state index in [1.165, 1.54) is 6.07 Å². The summed E-state index contributed by atoms with van der Waals surface area (Å²) >= 11 is 0. The van der Waals surface area contributed by atoms with Crippen LogP contribution in [0, 0.1) is 0 Å². The van der Waals surface area contributed by atoms with Crippen LogP contribution in [-0.2, 0) is 13.6 Å². The Morgan fingerprint density at radius 3 is 2.81 bits per heavy atom. The summed E-state index contributed by atoms with van der Waals surface area (Å²) in [5, 5.41) is 16.6. The molecule has 21 heavy (non-hydrogen) atoms. The van der Waals surface area contributed by atoms with Gasteiger partial charge >= 0.3 is 5.97 Å². The minimum atomic E-state index is -1.00. The second-order valence-corrected chi connectivity index (χ2v) is 5.03. The number of nitrogens with one attached hydrogen (secondary N) is 1. The first-order chi connectivity index (χ1) is 9.97. The van der Waals surface area contributed by atoms with Crippen LogP contribution >= 0.6 is 0 Å². The molecule has 0 aliphatic carbocycles. The Hall–Kier alpha value is -2.50. The quantitative estimate of drug-likeness (QED) is 0.854. The van der Waals surface area contributed by atoms with Crippen molar-refractivity contribution in [2.75, 3.05) is 5.32 Å². The molecule has 0 aliphatic heterocycles. The summed E-state index contributed by atoms with van der Waals surface area (Å²) in [6.45, 7) is 4.28. The Kier molecular flexibility index (Phi) is 4.47. The number of aromatic nitrogens is 2. The van der Waals surface area contributed by atoms with Crippen LogP contribution in [0.4, 0.5) is 5.69 Å². The molecule has 0 spiro atoms. The molecule has 112 valence electrons. The Morgan fingerprint density at radius 2 is 2.24 bits per heavy atom. The zero-order chi connectivity index (χ0) is 15.4. The number of aromatic carboxylic acids is 1. The number of anilines is 1. The fraction of sp³-hybridized carbons (Fsp3) is 0.333. The Labute approximate surface area is 123 Å². The predicted molar refractivity (Wildman–Crippen MR) is 79.7 cm³/mol. The van der Waals surface area contributed by atoms with E-state index in [1.807, 2.05) is 27.1 Å². The standard InChI is InChI=1S/C15H19N3O3/c1-10(2)21-14-12(15(19)20)5-4-6-13(14)16-7-11-8-17-18(3)9-11/h4-6,8-10,16H,7H2,1-3H3,(H,19,20). The molecular weight excluding hydrogens is 270 g/mol. The maximum Gasteiger partial charge on any atom is 0.339 e. The van der Waals surface area contributed by atoms with Crippen molar-refractivity contribution in [2.24, 2.45) is 7.05 Å². The van der Waals surface area contributed by atoms with Gasteiger partial charge in [-0.2, -0.15) is 5.10 Å². The molecule has 0 fully saturated rings. The minimum absolute atomic E-state index is 0.107. The van der Waals surface area contributed by atoms with Crippen LogP contribution in [0.2, 0.25) is 0 Å². The summed E-state index contributed by atoms with van der Waals surface area (Å²) in [5.74, 6) is -0.639. The number of benzene rings is 1. The van der Waals surface area contributed by atoms with Gasteiger partial charge in [0.2, 0.25) is 0 Å². The third-order valence-electron chi connectivity index (χ3n) is 2.84. The van der Waals surface area contributed by atoms with Gasteiger partial charge in [-0.15, -0.1) is 0 Å². The van der Waals surface area contributed by atoms with Gasteiger partial charge in [-0.25, -0.2) is 4.79 Å². The largest absolute Gasteiger partial charge is 0.488 e. The van der Waals surface area contributed by atoms with E-state index in [0.717, 1.165) is 5.56 Å². The molecule has 2 rings (SSSR count). The van der Waals surface area contributed by atoms with Crippen molar-refractivity contribution in [3.8, 4) is 5.75 Å². The Balaban J connectivity index is 2.24. The van der Waals surface area contributed by atoms with Crippen LogP contribution in [0.3, 0.4) is 0 Å². The van der Waals surface area contributed by atoms with Crippen LogP contribution in [-0.4, -0.2) is 27.0 Å². The number of carbonyl (C=O) groups is 1. The van der Waals surface area contributed by atoms with E-state index in [9.17, 15) is 9.90 Å². The average molecular weight is 289 g/mol. The third-order valence-corrected chi connectivity index (χ3v) is 2.84. The predicted octanol–water partition coefficient (Wildman–Crippen LogP) is 2.52. The minimum Gasteiger partial charge on any atom is -0.488 e. The molecule has 1 aromatic heterocycles. The number of rotatable bonds is 6. The van der Waals surface area contributed by atoms with Crippen molar-refractivity contribution in [1.82, 2.24) is 9.78 Å². The lowest BCUT2D eigenvalue weighted by Crippen LogP contribution is -2.12. The van der Waals surface area contributed by atoms with Gasteiger partial charge in [0.25, 0.3) is 0 Å². The Bertz CT molecular complexity index is 635. The highest BCUT2D eigenvalue weighted by Crippen LogP contribution is 2.30. The molecule has 2 N–H and O–H groups in total. The van der Waals surface area contributed by atoms with E-state index in [-0.39, 0.29) is 11.7 Å². The molecule has 6 heteroatoms. The first-order valence-electron chi connectivity index (χ1n) is 6.71. The maximum atomic E-state index is 11.3. The summed E-state index contributed by atoms with van der Waals surface area (Å²) in [6, 6.07) is 5.04. The molecule has 0 saturated heterocycles. The van der Waals surface area contributed by atoms with Gasteiger partial charge < -0.3 is 15.2 Å². The van der Waals surface area contributed by atoms with Crippen LogP contribution in [0.1, 0.15) is 29.8 Å². The molecule has 0 bridgehead atoms. The molecule has 0 atom stereocenters. The zero-order valence-corrected chi connectivity index (χ0v) is 12.3. The van der Waals surface area contributed by atoms with E-state index < -0.39 is 5.97 Å². The number of hydrogen-bond acceptors (Lipinski definition) is 4. The summed E-state index contributed by atoms with van der Waals surface area (Å²) < 4.78 is 7.39. The number of carboxylic acids is 1. The number of nitrogens with zero attached hydrogens (tertiary/aromatic N) is 2. The highest BCUT2D eigenvalue weighted by molar-refractivity contribution is 5.93. The number of carboxylic acid groups (broad SMARTS) is 1. The summed E-state index contributed by atoms with van der Waals surface area (Å²) in [7, 11) is 1.85. The van der Waals surface area contributed by atoms with Crippen molar-refractivity contribution in [1.29, 1.82) is 0 Å². The summed E-state index contributed by atoms with van der Waals surface area (Å²) in [5.41, 5.74) is 1.82. The molecule has 0 unspecified atom stereocenters. The maximum absolute atomic E-state index is 11.3. The molecule has 0 radical (unpaired) electrons. The average Bonchev–Trinajstić information content (AvgIpc) is 2.82. The van der Waals surface area contributed by atoms with Crippen LogP contribution < -0.4 is 10.1 Å². The molecule has 1 heterocycles. The molecule has 0 saturated carbocycles. The van der Waals surface area contributed by atoms with Crippen LogP contribution in [0.25, 0.3) is 0 Å². The van der Waals surface area contributed by atoms with Crippen molar-refractivity contribution < 1.29 is 14.6 Å². The van der Waals surface area contributed by atoms with E-state index >= 15 is 0 Å². The molecule has 0 amide bonds. The fourth-order valence-electron chi connectivity index (χ4n) is 1.97. The van der Waals surface area contributed by atoms with E-state index in [2.05, 4.69) is 10.4 Å². The number of ether oxygens (including phenoxy) is 1. The monoisotopic (exact) mass is 289 g/mol. The fourth-order valence-corrected chi connectivity index (χ4v) is 1.97. The van der Waals surface area contributed by atoms with Gasteiger partial charge in [0.05, 0.1) is 18.0 Å². The SMILES string of the molecule is CC(C)Oc1c(NCc2cnn(C)c2)cccc1C(=O)O. The smallest absolute Gasteiger partial charge is 0.339 e. The lowest BCUT2D eigenvalue weighted by molar-refractivity contribution is 0.0690. The van der Waals surface area contributed by atoms with E-state index in [4.69, 9.17) is 4.74 Å². The van der Waals surface area contributed by atoms with Gasteiger partial charge in [-0.3, -0.25) is 4.68 Å². The second kappa shape index (κ2) is 6.30. The first-order valence-corrected chi connectivity index (χ1v) is 6.71. The molecule has 2 aromatic rings. The lowest BCUT2D eigenvalue weighted by atomic mass is 10.1. The van der Waals surface area contributed by atoms with Gasteiger partial charge in [0, 0.05) is 25.4 Å². The summed E-state index contributed by atoms with van der Waals surface area (Å²) in [6.07, 6.45) is 3.55. The topological polar surface area (TPSA) is 76.4 Å². The van der Waals surface area contributed by atoms with Crippen molar-refractivity contribution in [3.63, 3.8) is 0 Å². The van der Waals surface area contributed by atoms with E-state index in [1.54, 1.807) is 23.0 Å². The van der Waals surface area contributed by atoms with E-state index in [0.29, 0.717) is 18.0 Å². The normalized spacial score (nSPS) is 10.7. The molecule has 6 nitrogen and oxygen atoms in total. The van der Waals surface area contributed by atoms with Gasteiger partial charge in [-0.05, 0) is 26.0 Å². The molecule has 1 aromatic carbocycles. The second-order valence-electron chi connectivity index (χ2n) is 5.03. The lowest BCUT2D eigenvalue weighted by Gasteiger charge is -2.17. The Morgan fingerprint density at radius 1 is 1.48 bits per heavy atom. The molecular formula is C15H19N3O3. The highest BCUT2D eigenvalue weighted by Gasteiger charge is 2.16. The summed E-state index contributed by atoms with van der Waals surface area (Å²) in [4.78, 5) is 11.3. The van der Waals surface area contributed by atoms with Crippen molar-refractivity contribution in [3.05, 3.63) is 41.7 Å². The van der Waals surface area contributed by atoms with Gasteiger partial charge in [-0.1, -0.05) is 6.07 Å². The number of aryl methyl sites for hydroxylation is 1.